The van der Waals surface area contributed by atoms with Crippen LogP contribution in [0.4, 0.5) is 11.5 Å². The summed E-state index contributed by atoms with van der Waals surface area (Å²) in [5.74, 6) is 1.63. The molecule has 7 N–H and O–H groups in total. The van der Waals surface area contributed by atoms with E-state index in [1.54, 1.807) is 16.3 Å². The largest absolute Gasteiger partial charge is 0.399 e. The number of hydrogen-bond acceptors (Lipinski definition) is 10. The topological polar surface area (TPSA) is 157 Å². The van der Waals surface area contributed by atoms with E-state index in [4.69, 9.17) is 16.2 Å². The lowest BCUT2D eigenvalue weighted by atomic mass is 10.0. The lowest BCUT2D eigenvalue weighted by molar-refractivity contribution is -0.0289. The summed E-state index contributed by atoms with van der Waals surface area (Å²) in [5, 5.41) is 24.6. The van der Waals surface area contributed by atoms with Gasteiger partial charge in [-0.2, -0.15) is 11.8 Å². The van der Waals surface area contributed by atoms with Gasteiger partial charge in [-0.25, -0.2) is 15.0 Å². The van der Waals surface area contributed by atoms with Gasteiger partial charge in [-0.3, -0.25) is 4.57 Å². The molecule has 2 aromatic heterocycles. The molecule has 0 aliphatic carbocycles. The summed E-state index contributed by atoms with van der Waals surface area (Å²) in [6.07, 6.45) is -0.590. The van der Waals surface area contributed by atoms with Crippen LogP contribution in [0.1, 0.15) is 11.8 Å². The van der Waals surface area contributed by atoms with Gasteiger partial charge in [0.15, 0.2) is 17.7 Å². The zero-order chi connectivity index (χ0) is 25.1. The fourth-order valence-corrected chi connectivity index (χ4v) is 5.27. The zero-order valence-corrected chi connectivity index (χ0v) is 20.4. The Kier molecular flexibility index (Phi) is 7.35. The SMILES string of the molecule is Nc1cccc(-c2cccc(CNCCSC[C@H]3O[C@@H](n4cnc5c(N)ncnc54)[C@H](O)[C@@H]3O)c2)c1. The van der Waals surface area contributed by atoms with Gasteiger partial charge in [-0.15, -0.1) is 0 Å². The van der Waals surface area contributed by atoms with Gasteiger partial charge < -0.3 is 31.7 Å². The summed E-state index contributed by atoms with van der Waals surface area (Å²) < 4.78 is 7.58. The van der Waals surface area contributed by atoms with Crippen LogP contribution in [0.3, 0.4) is 0 Å². The number of hydrogen-bond donors (Lipinski definition) is 5. The first-order chi connectivity index (χ1) is 17.5. The van der Waals surface area contributed by atoms with E-state index in [-0.39, 0.29) is 5.82 Å². The summed E-state index contributed by atoms with van der Waals surface area (Å²) in [5.41, 5.74) is 16.8. The molecule has 36 heavy (non-hydrogen) atoms. The number of thioether (sulfide) groups is 1. The Morgan fingerprint density at radius 1 is 1.00 bits per heavy atom. The standard InChI is InChI=1S/C25H29N7O3S/c26-18-6-2-5-17(10-18)16-4-1-3-15(9-16)11-28-7-8-36-12-19-21(33)22(34)25(35-19)32-14-31-20-23(27)29-13-30-24(20)32/h1-6,9-10,13-14,19,21-22,25,28,33-34H,7-8,11-12,26H2,(H2,27,29,30)/t19-,21-,22-,25-/m1/s1. The van der Waals surface area contributed by atoms with Crippen molar-refractivity contribution in [2.75, 3.05) is 29.5 Å². The molecule has 0 radical (unpaired) electrons. The second kappa shape index (κ2) is 10.8. The van der Waals surface area contributed by atoms with Gasteiger partial charge >= 0.3 is 0 Å². The van der Waals surface area contributed by atoms with Crippen LogP contribution >= 0.6 is 11.8 Å². The number of aliphatic hydroxyl groups is 2. The predicted molar refractivity (Wildman–Crippen MR) is 141 cm³/mol. The predicted octanol–water partition coefficient (Wildman–Crippen LogP) is 1.80. The fraction of sp³-hybridized carbons (Fsp3) is 0.320. The number of nitrogens with one attached hydrogen (secondary N) is 1. The lowest BCUT2D eigenvalue weighted by Crippen LogP contribution is -2.32. The van der Waals surface area contributed by atoms with Crippen molar-refractivity contribution in [1.82, 2.24) is 24.8 Å². The Morgan fingerprint density at radius 2 is 1.81 bits per heavy atom. The third kappa shape index (κ3) is 5.15. The molecule has 188 valence electrons. The molecule has 4 atom stereocenters. The van der Waals surface area contributed by atoms with Crippen molar-refractivity contribution >= 4 is 34.4 Å². The molecule has 0 bridgehead atoms. The van der Waals surface area contributed by atoms with E-state index >= 15 is 0 Å². The van der Waals surface area contributed by atoms with Gasteiger partial charge in [-0.1, -0.05) is 30.3 Å². The highest BCUT2D eigenvalue weighted by atomic mass is 32.2. The van der Waals surface area contributed by atoms with Crippen LogP contribution in [-0.4, -0.2) is 66.1 Å². The fourth-order valence-electron chi connectivity index (χ4n) is 4.31. The van der Waals surface area contributed by atoms with E-state index in [0.29, 0.717) is 16.9 Å². The molecule has 0 saturated carbocycles. The summed E-state index contributed by atoms with van der Waals surface area (Å²) in [7, 11) is 0. The smallest absolute Gasteiger partial charge is 0.167 e. The van der Waals surface area contributed by atoms with Gasteiger partial charge in [0, 0.05) is 30.3 Å². The van der Waals surface area contributed by atoms with Gasteiger partial charge in [-0.05, 0) is 34.9 Å². The van der Waals surface area contributed by atoms with E-state index in [1.807, 2.05) is 18.2 Å². The highest BCUT2D eigenvalue weighted by Gasteiger charge is 2.44. The maximum atomic E-state index is 10.6. The second-order valence-corrected chi connectivity index (χ2v) is 9.86. The van der Waals surface area contributed by atoms with Crippen LogP contribution in [0, 0.1) is 0 Å². The van der Waals surface area contributed by atoms with E-state index in [2.05, 4.69) is 50.6 Å². The first kappa shape index (κ1) is 24.5. The van der Waals surface area contributed by atoms with Crippen molar-refractivity contribution in [2.45, 2.75) is 31.1 Å². The molecule has 4 aromatic rings. The van der Waals surface area contributed by atoms with Crippen molar-refractivity contribution in [3.8, 4) is 11.1 Å². The summed E-state index contributed by atoms with van der Waals surface area (Å²) in [6, 6.07) is 16.3. The first-order valence-electron chi connectivity index (χ1n) is 11.7. The van der Waals surface area contributed by atoms with E-state index in [9.17, 15) is 10.2 Å². The number of nitrogen functional groups attached to an aromatic ring is 2. The van der Waals surface area contributed by atoms with Crippen molar-refractivity contribution in [2.24, 2.45) is 0 Å². The number of anilines is 2. The second-order valence-electron chi connectivity index (χ2n) is 8.71. The van der Waals surface area contributed by atoms with Crippen LogP contribution in [0.5, 0.6) is 0 Å². The third-order valence-electron chi connectivity index (χ3n) is 6.18. The van der Waals surface area contributed by atoms with Crippen molar-refractivity contribution in [1.29, 1.82) is 0 Å². The average Bonchev–Trinajstić information content (AvgIpc) is 3.43. The van der Waals surface area contributed by atoms with Crippen molar-refractivity contribution in [3.05, 3.63) is 66.7 Å². The highest BCUT2D eigenvalue weighted by Crippen LogP contribution is 2.33. The summed E-state index contributed by atoms with van der Waals surface area (Å²) in [6.45, 7) is 1.54. The molecular formula is C25H29N7O3S. The quantitative estimate of drug-likeness (QED) is 0.167. The zero-order valence-electron chi connectivity index (χ0n) is 19.6. The number of aromatic nitrogens is 4. The number of rotatable bonds is 9. The van der Waals surface area contributed by atoms with Crippen LogP contribution in [0.25, 0.3) is 22.3 Å². The van der Waals surface area contributed by atoms with E-state index in [1.165, 1.54) is 18.2 Å². The molecule has 0 spiro atoms. The van der Waals surface area contributed by atoms with Crippen LogP contribution in [0.15, 0.2) is 61.2 Å². The molecule has 11 heteroatoms. The van der Waals surface area contributed by atoms with Crippen LogP contribution in [0.2, 0.25) is 0 Å². The van der Waals surface area contributed by atoms with E-state index < -0.39 is 24.5 Å². The Bertz CT molecular complexity index is 1330. The Morgan fingerprint density at radius 3 is 2.64 bits per heavy atom. The molecule has 5 rings (SSSR count). The summed E-state index contributed by atoms with van der Waals surface area (Å²) in [4.78, 5) is 12.3. The highest BCUT2D eigenvalue weighted by molar-refractivity contribution is 7.99. The van der Waals surface area contributed by atoms with Crippen LogP contribution < -0.4 is 16.8 Å². The average molecular weight is 508 g/mol. The number of fused-ring (bicyclic) bond motifs is 1. The minimum atomic E-state index is -1.10. The summed E-state index contributed by atoms with van der Waals surface area (Å²) >= 11 is 1.66. The van der Waals surface area contributed by atoms with Gasteiger partial charge in [0.25, 0.3) is 0 Å². The Balaban J connectivity index is 1.09. The molecule has 1 aliphatic heterocycles. The molecule has 1 aliphatic rings. The molecular weight excluding hydrogens is 478 g/mol. The molecule has 2 aromatic carbocycles. The normalized spacial score (nSPS) is 21.8. The van der Waals surface area contributed by atoms with Gasteiger partial charge in [0.1, 0.15) is 24.1 Å². The number of nitrogens with two attached hydrogens (primary N) is 2. The number of imidazole rings is 1. The number of benzene rings is 2. The third-order valence-corrected chi connectivity index (χ3v) is 7.24. The molecule has 0 unspecified atom stereocenters. The maximum absolute atomic E-state index is 10.6. The Labute approximate surface area is 212 Å². The number of aliphatic hydroxyl groups excluding tert-OH is 2. The number of ether oxygens (including phenoxy) is 1. The van der Waals surface area contributed by atoms with Gasteiger partial charge in [0.2, 0.25) is 0 Å². The molecule has 1 saturated heterocycles. The number of nitrogens with zero attached hydrogens (tertiary/aromatic N) is 4. The van der Waals surface area contributed by atoms with Crippen molar-refractivity contribution < 1.29 is 14.9 Å². The van der Waals surface area contributed by atoms with Crippen molar-refractivity contribution in [3.63, 3.8) is 0 Å². The molecule has 0 amide bonds. The van der Waals surface area contributed by atoms with E-state index in [0.717, 1.165) is 35.7 Å². The lowest BCUT2D eigenvalue weighted by Gasteiger charge is -2.16. The Hall–Kier alpha value is -3.22. The minimum Gasteiger partial charge on any atom is -0.399 e. The molecule has 10 nitrogen and oxygen atoms in total. The molecule has 3 heterocycles. The maximum Gasteiger partial charge on any atom is 0.167 e. The molecule has 1 fully saturated rings. The minimum absolute atomic E-state index is 0.253. The van der Waals surface area contributed by atoms with Gasteiger partial charge in [0.05, 0.1) is 12.4 Å². The van der Waals surface area contributed by atoms with Crippen LogP contribution in [-0.2, 0) is 11.3 Å². The first-order valence-corrected chi connectivity index (χ1v) is 12.8. The monoisotopic (exact) mass is 507 g/mol.